The summed E-state index contributed by atoms with van der Waals surface area (Å²) in [7, 11) is 0. The van der Waals surface area contributed by atoms with E-state index in [2.05, 4.69) is 32.7 Å². The SMILES string of the molecule is Cc1nc(CC(CCl)C(C)C)sc1C. The zero-order valence-electron chi connectivity index (χ0n) is 9.30. The molecule has 0 saturated heterocycles. The van der Waals surface area contributed by atoms with E-state index < -0.39 is 0 Å². The van der Waals surface area contributed by atoms with Gasteiger partial charge in [0.25, 0.3) is 0 Å². The highest BCUT2D eigenvalue weighted by Crippen LogP contribution is 2.23. The predicted octanol–water partition coefficient (Wildman–Crippen LogP) is 3.81. The zero-order chi connectivity index (χ0) is 10.7. The van der Waals surface area contributed by atoms with Crippen LogP contribution in [0.3, 0.4) is 0 Å². The van der Waals surface area contributed by atoms with Crippen molar-refractivity contribution in [1.29, 1.82) is 0 Å². The Morgan fingerprint density at radius 1 is 1.36 bits per heavy atom. The number of thiazole rings is 1. The maximum atomic E-state index is 5.94. The molecule has 0 fully saturated rings. The van der Waals surface area contributed by atoms with Gasteiger partial charge in [-0.3, -0.25) is 0 Å². The highest BCUT2D eigenvalue weighted by molar-refractivity contribution is 7.11. The van der Waals surface area contributed by atoms with Gasteiger partial charge in [-0.15, -0.1) is 22.9 Å². The number of nitrogens with zero attached hydrogens (tertiary/aromatic N) is 1. The summed E-state index contributed by atoms with van der Waals surface area (Å²) in [6, 6.07) is 0. The van der Waals surface area contributed by atoms with E-state index in [4.69, 9.17) is 11.6 Å². The quantitative estimate of drug-likeness (QED) is 0.719. The first kappa shape index (κ1) is 12.0. The van der Waals surface area contributed by atoms with Gasteiger partial charge in [0.2, 0.25) is 0 Å². The van der Waals surface area contributed by atoms with Crippen molar-refractivity contribution in [2.75, 3.05) is 5.88 Å². The van der Waals surface area contributed by atoms with E-state index in [-0.39, 0.29) is 0 Å². The van der Waals surface area contributed by atoms with Gasteiger partial charge in [-0.2, -0.15) is 0 Å². The summed E-state index contributed by atoms with van der Waals surface area (Å²) in [6.45, 7) is 8.64. The van der Waals surface area contributed by atoms with Crippen LogP contribution >= 0.6 is 22.9 Å². The lowest BCUT2D eigenvalue weighted by atomic mass is 9.95. The van der Waals surface area contributed by atoms with Crippen LogP contribution in [-0.2, 0) is 6.42 Å². The maximum Gasteiger partial charge on any atom is 0.0934 e. The molecule has 0 aliphatic carbocycles. The van der Waals surface area contributed by atoms with Crippen LogP contribution in [0.25, 0.3) is 0 Å². The molecule has 0 aliphatic rings. The second-order valence-electron chi connectivity index (χ2n) is 4.11. The largest absolute Gasteiger partial charge is 0.246 e. The molecular formula is C11H18ClNS. The molecule has 1 aromatic heterocycles. The summed E-state index contributed by atoms with van der Waals surface area (Å²) in [4.78, 5) is 5.87. The van der Waals surface area contributed by atoms with E-state index in [0.29, 0.717) is 11.8 Å². The number of aromatic nitrogens is 1. The average Bonchev–Trinajstić information content (AvgIpc) is 2.41. The van der Waals surface area contributed by atoms with Crippen LogP contribution in [0.2, 0.25) is 0 Å². The standard InChI is InChI=1S/C11H18ClNS/c1-7(2)10(6-12)5-11-13-8(3)9(4)14-11/h7,10H,5-6H2,1-4H3. The Bertz CT molecular complexity index is 274. The Kier molecular flexibility index (Phi) is 4.39. The Hall–Kier alpha value is -0.0800. The van der Waals surface area contributed by atoms with Crippen LogP contribution in [0.1, 0.15) is 29.4 Å². The number of hydrogen-bond acceptors (Lipinski definition) is 2. The molecule has 0 spiro atoms. The summed E-state index contributed by atoms with van der Waals surface area (Å²) in [5.41, 5.74) is 1.17. The van der Waals surface area contributed by atoms with E-state index in [1.165, 1.54) is 15.6 Å². The molecule has 1 heterocycles. The molecule has 14 heavy (non-hydrogen) atoms. The van der Waals surface area contributed by atoms with E-state index in [0.717, 1.165) is 12.3 Å². The van der Waals surface area contributed by atoms with Crippen molar-refractivity contribution in [3.05, 3.63) is 15.6 Å². The fraction of sp³-hybridized carbons (Fsp3) is 0.727. The molecule has 0 aliphatic heterocycles. The van der Waals surface area contributed by atoms with Gasteiger partial charge in [0, 0.05) is 17.2 Å². The third-order valence-corrected chi connectivity index (χ3v) is 4.14. The second kappa shape index (κ2) is 5.13. The third kappa shape index (κ3) is 2.96. The molecule has 1 rings (SSSR count). The molecule has 1 unspecified atom stereocenters. The number of rotatable bonds is 4. The Morgan fingerprint density at radius 2 is 2.00 bits per heavy atom. The maximum absolute atomic E-state index is 5.94. The van der Waals surface area contributed by atoms with Crippen LogP contribution in [-0.4, -0.2) is 10.9 Å². The number of aryl methyl sites for hydroxylation is 2. The summed E-state index contributed by atoms with van der Waals surface area (Å²) >= 11 is 7.74. The summed E-state index contributed by atoms with van der Waals surface area (Å²) < 4.78 is 0. The fourth-order valence-electron chi connectivity index (χ4n) is 1.32. The lowest BCUT2D eigenvalue weighted by Crippen LogP contribution is -2.13. The lowest BCUT2D eigenvalue weighted by Gasteiger charge is -2.15. The van der Waals surface area contributed by atoms with Gasteiger partial charge in [0.1, 0.15) is 0 Å². The molecule has 0 aromatic carbocycles. The van der Waals surface area contributed by atoms with Crippen LogP contribution in [0.15, 0.2) is 0 Å². The molecule has 0 amide bonds. The van der Waals surface area contributed by atoms with E-state index >= 15 is 0 Å². The van der Waals surface area contributed by atoms with Gasteiger partial charge in [0.05, 0.1) is 10.7 Å². The van der Waals surface area contributed by atoms with Crippen molar-refractivity contribution in [2.24, 2.45) is 11.8 Å². The minimum Gasteiger partial charge on any atom is -0.246 e. The number of alkyl halides is 1. The van der Waals surface area contributed by atoms with Gasteiger partial charge in [0.15, 0.2) is 0 Å². The fourth-order valence-corrected chi connectivity index (χ4v) is 2.81. The molecule has 0 N–H and O–H groups in total. The molecule has 0 bridgehead atoms. The van der Waals surface area contributed by atoms with Crippen molar-refractivity contribution in [2.45, 2.75) is 34.1 Å². The van der Waals surface area contributed by atoms with Crippen LogP contribution in [0, 0.1) is 25.7 Å². The zero-order valence-corrected chi connectivity index (χ0v) is 10.9. The molecule has 80 valence electrons. The smallest absolute Gasteiger partial charge is 0.0934 e. The van der Waals surface area contributed by atoms with Gasteiger partial charge in [-0.25, -0.2) is 4.98 Å². The minimum atomic E-state index is 0.557. The molecular weight excluding hydrogens is 214 g/mol. The molecule has 1 aromatic rings. The average molecular weight is 232 g/mol. The Balaban J connectivity index is 2.67. The monoisotopic (exact) mass is 231 g/mol. The number of hydrogen-bond donors (Lipinski definition) is 0. The Morgan fingerprint density at radius 3 is 2.36 bits per heavy atom. The molecule has 0 saturated carbocycles. The van der Waals surface area contributed by atoms with Crippen LogP contribution < -0.4 is 0 Å². The van der Waals surface area contributed by atoms with Gasteiger partial charge in [-0.05, 0) is 25.7 Å². The molecule has 1 nitrogen and oxygen atoms in total. The van der Waals surface area contributed by atoms with E-state index in [1.807, 2.05) is 0 Å². The second-order valence-corrected chi connectivity index (χ2v) is 5.71. The van der Waals surface area contributed by atoms with Gasteiger partial charge < -0.3 is 0 Å². The van der Waals surface area contributed by atoms with Crippen molar-refractivity contribution in [1.82, 2.24) is 4.98 Å². The number of halogens is 1. The van der Waals surface area contributed by atoms with Gasteiger partial charge in [-0.1, -0.05) is 13.8 Å². The van der Waals surface area contributed by atoms with Crippen molar-refractivity contribution < 1.29 is 0 Å². The highest BCUT2D eigenvalue weighted by atomic mass is 35.5. The summed E-state index contributed by atoms with van der Waals surface area (Å²) in [6.07, 6.45) is 1.03. The topological polar surface area (TPSA) is 12.9 Å². The van der Waals surface area contributed by atoms with E-state index in [9.17, 15) is 0 Å². The van der Waals surface area contributed by atoms with Crippen molar-refractivity contribution >= 4 is 22.9 Å². The summed E-state index contributed by atoms with van der Waals surface area (Å²) in [5, 5.41) is 1.24. The predicted molar refractivity (Wildman–Crippen MR) is 64.3 cm³/mol. The van der Waals surface area contributed by atoms with Crippen LogP contribution in [0.4, 0.5) is 0 Å². The molecule has 1 atom stereocenters. The molecule has 0 radical (unpaired) electrons. The van der Waals surface area contributed by atoms with E-state index in [1.54, 1.807) is 11.3 Å². The highest BCUT2D eigenvalue weighted by Gasteiger charge is 2.15. The summed E-state index contributed by atoms with van der Waals surface area (Å²) in [5.74, 6) is 1.92. The van der Waals surface area contributed by atoms with Crippen LogP contribution in [0.5, 0.6) is 0 Å². The third-order valence-electron chi connectivity index (χ3n) is 2.65. The van der Waals surface area contributed by atoms with Gasteiger partial charge >= 0.3 is 0 Å². The first-order valence-electron chi connectivity index (χ1n) is 5.03. The molecule has 3 heteroatoms. The van der Waals surface area contributed by atoms with Crippen molar-refractivity contribution in [3.8, 4) is 0 Å². The normalized spacial score (nSPS) is 13.6. The lowest BCUT2D eigenvalue weighted by molar-refractivity contribution is 0.421. The Labute approximate surface area is 95.5 Å². The minimum absolute atomic E-state index is 0.557. The first-order chi connectivity index (χ1) is 6.54. The van der Waals surface area contributed by atoms with Crippen molar-refractivity contribution in [3.63, 3.8) is 0 Å². The first-order valence-corrected chi connectivity index (χ1v) is 6.38.